The van der Waals surface area contributed by atoms with Gasteiger partial charge in [0.05, 0.1) is 28.5 Å². The maximum Gasteiger partial charge on any atom is 0.0717 e. The first-order chi connectivity index (χ1) is 17.3. The van der Waals surface area contributed by atoms with Gasteiger partial charge in [-0.15, -0.1) is 0 Å². The van der Waals surface area contributed by atoms with Gasteiger partial charge in [0.1, 0.15) is 0 Å². The van der Waals surface area contributed by atoms with E-state index in [0.29, 0.717) is 0 Å². The van der Waals surface area contributed by atoms with Crippen LogP contribution in [-0.2, 0) is 25.7 Å². The van der Waals surface area contributed by atoms with E-state index < -0.39 is 0 Å². The number of anilines is 3. The average Bonchev–Trinajstić information content (AvgIpc) is 3.47. The van der Waals surface area contributed by atoms with Crippen LogP contribution in [0.2, 0.25) is 0 Å². The maximum absolute atomic E-state index is 4.77. The summed E-state index contributed by atoms with van der Waals surface area (Å²) in [5, 5.41) is 0. The van der Waals surface area contributed by atoms with Crippen molar-refractivity contribution in [3.63, 3.8) is 0 Å². The molecule has 0 saturated carbocycles. The second-order valence-corrected chi connectivity index (χ2v) is 10.2. The van der Waals surface area contributed by atoms with E-state index in [4.69, 9.17) is 9.97 Å². The zero-order valence-corrected chi connectivity index (χ0v) is 19.2. The quantitative estimate of drug-likeness (QED) is 0.253. The molecule has 0 amide bonds. The van der Waals surface area contributed by atoms with Crippen molar-refractivity contribution in [2.24, 2.45) is 0 Å². The number of hydrogen-bond acceptors (Lipinski definition) is 3. The van der Waals surface area contributed by atoms with E-state index in [1.807, 2.05) is 12.4 Å². The van der Waals surface area contributed by atoms with E-state index in [1.165, 1.54) is 72.7 Å². The number of pyridine rings is 2. The lowest BCUT2D eigenvalue weighted by Gasteiger charge is -2.39. The Morgan fingerprint density at radius 3 is 2.34 bits per heavy atom. The van der Waals surface area contributed by atoms with Crippen molar-refractivity contribution in [1.82, 2.24) is 9.97 Å². The summed E-state index contributed by atoms with van der Waals surface area (Å²) in [6.07, 6.45) is 7.69. The Labute approximate surface area is 203 Å². The summed E-state index contributed by atoms with van der Waals surface area (Å²) < 4.78 is 0. The van der Waals surface area contributed by atoms with Crippen LogP contribution in [0.25, 0.3) is 22.3 Å². The number of nitrogens with zero attached hydrogens (tertiary/aromatic N) is 3. The Bertz CT molecular complexity index is 1760. The van der Waals surface area contributed by atoms with E-state index in [9.17, 15) is 0 Å². The van der Waals surface area contributed by atoms with Crippen LogP contribution in [0, 0.1) is 0 Å². The van der Waals surface area contributed by atoms with Crippen molar-refractivity contribution in [2.75, 3.05) is 4.90 Å². The van der Waals surface area contributed by atoms with Gasteiger partial charge in [-0.2, -0.15) is 0 Å². The summed E-state index contributed by atoms with van der Waals surface area (Å²) in [6.45, 7) is 0. The fourth-order valence-corrected chi connectivity index (χ4v) is 7.04. The van der Waals surface area contributed by atoms with Gasteiger partial charge in [-0.3, -0.25) is 9.97 Å². The van der Waals surface area contributed by atoms with E-state index in [2.05, 4.69) is 71.6 Å². The van der Waals surface area contributed by atoms with Gasteiger partial charge in [-0.25, -0.2) is 0 Å². The fraction of sp³-hybridized carbons (Fsp3) is 0.125. The monoisotopic (exact) mass is 447 g/mol. The third-order valence-electron chi connectivity index (χ3n) is 8.44. The van der Waals surface area contributed by atoms with Crippen molar-refractivity contribution in [3.8, 4) is 22.3 Å². The minimum absolute atomic E-state index is 0.796. The topological polar surface area (TPSA) is 29.0 Å². The normalized spacial score (nSPS) is 14.9. The number of hydrogen-bond donors (Lipinski definition) is 0. The smallest absolute Gasteiger partial charge is 0.0717 e. The van der Waals surface area contributed by atoms with Crippen LogP contribution in [0.5, 0.6) is 0 Å². The molecule has 0 N–H and O–H groups in total. The predicted molar refractivity (Wildman–Crippen MR) is 139 cm³/mol. The molecule has 0 unspecified atom stereocenters. The molecule has 0 radical (unpaired) electrons. The highest BCUT2D eigenvalue weighted by atomic mass is 15.2. The zero-order valence-electron chi connectivity index (χ0n) is 19.2. The van der Waals surface area contributed by atoms with Crippen LogP contribution in [0.4, 0.5) is 17.1 Å². The Morgan fingerprint density at radius 1 is 0.514 bits per heavy atom. The number of benzene rings is 3. The van der Waals surface area contributed by atoms with Crippen LogP contribution in [0.1, 0.15) is 44.8 Å². The average molecular weight is 448 g/mol. The molecule has 0 bridgehead atoms. The highest BCUT2D eigenvalue weighted by Gasteiger charge is 2.37. The molecule has 5 aromatic rings. The van der Waals surface area contributed by atoms with E-state index >= 15 is 0 Å². The molecule has 0 fully saturated rings. The molecule has 0 atom stereocenters. The minimum atomic E-state index is 0.796. The molecule has 164 valence electrons. The second kappa shape index (κ2) is 6.25. The molecule has 3 nitrogen and oxygen atoms in total. The lowest BCUT2D eigenvalue weighted by Crippen LogP contribution is -2.26. The van der Waals surface area contributed by atoms with Crippen molar-refractivity contribution in [3.05, 3.63) is 124 Å². The first-order valence-corrected chi connectivity index (χ1v) is 12.4. The van der Waals surface area contributed by atoms with Crippen molar-refractivity contribution >= 4 is 17.1 Å². The van der Waals surface area contributed by atoms with Crippen molar-refractivity contribution < 1.29 is 0 Å². The molecule has 3 aromatic carbocycles. The van der Waals surface area contributed by atoms with Crippen LogP contribution in [0.3, 0.4) is 0 Å². The molecule has 9 rings (SSSR count). The van der Waals surface area contributed by atoms with Crippen LogP contribution in [-0.4, -0.2) is 9.97 Å². The predicted octanol–water partition coefficient (Wildman–Crippen LogP) is 6.90. The molecule has 0 spiro atoms. The summed E-state index contributed by atoms with van der Waals surface area (Å²) in [5.74, 6) is 0. The molecular formula is C32H21N3. The summed E-state index contributed by atoms with van der Waals surface area (Å²) in [4.78, 5) is 11.9. The van der Waals surface area contributed by atoms with Gasteiger partial charge in [-0.1, -0.05) is 42.5 Å². The summed E-state index contributed by atoms with van der Waals surface area (Å²) >= 11 is 0. The standard InChI is InChI=1S/C32H21N3/c1-2-5-22-18(4-1)14-19-7-9-23-24(30(19)22)15-20-8-10-28-25(31(20)23)16-21-11-13-34-27-17-26-29(6-3-12-33-26)35(28)32(21)27/h1-13H,14-17H2. The Kier molecular flexibility index (Phi) is 3.24. The minimum Gasteiger partial charge on any atom is -0.306 e. The van der Waals surface area contributed by atoms with Gasteiger partial charge in [0.25, 0.3) is 0 Å². The largest absolute Gasteiger partial charge is 0.306 e. The second-order valence-electron chi connectivity index (χ2n) is 10.2. The lowest BCUT2D eigenvalue weighted by atomic mass is 9.86. The highest BCUT2D eigenvalue weighted by molar-refractivity contribution is 5.96. The maximum atomic E-state index is 4.77. The summed E-state index contributed by atoms with van der Waals surface area (Å²) in [7, 11) is 0. The number of rotatable bonds is 0. The molecule has 4 heterocycles. The molecule has 2 aliphatic carbocycles. The fourth-order valence-electron chi connectivity index (χ4n) is 7.04. The van der Waals surface area contributed by atoms with Gasteiger partial charge in [-0.05, 0) is 92.7 Å². The molecule has 35 heavy (non-hydrogen) atoms. The van der Waals surface area contributed by atoms with Gasteiger partial charge in [0.2, 0.25) is 0 Å². The SMILES string of the molecule is c1ccc2c(c1)Cc1ccc3c(c1-2)Cc1ccc2c(c1-3)Cc1ccnc3c1N2c1cccnc1C3. The van der Waals surface area contributed by atoms with Crippen molar-refractivity contribution in [1.29, 1.82) is 0 Å². The Balaban J connectivity index is 1.31. The summed E-state index contributed by atoms with van der Waals surface area (Å²) in [6, 6.07) is 24.9. The van der Waals surface area contributed by atoms with Gasteiger partial charge < -0.3 is 4.90 Å². The first kappa shape index (κ1) is 18.1. The third kappa shape index (κ3) is 2.21. The van der Waals surface area contributed by atoms with E-state index in [1.54, 1.807) is 0 Å². The molecule has 2 aromatic heterocycles. The van der Waals surface area contributed by atoms with Gasteiger partial charge in [0, 0.05) is 25.2 Å². The van der Waals surface area contributed by atoms with E-state index in [0.717, 1.165) is 37.1 Å². The van der Waals surface area contributed by atoms with Gasteiger partial charge in [0.15, 0.2) is 0 Å². The first-order valence-electron chi connectivity index (χ1n) is 12.4. The zero-order chi connectivity index (χ0) is 22.7. The molecule has 2 aliphatic heterocycles. The highest BCUT2D eigenvalue weighted by Crippen LogP contribution is 2.55. The van der Waals surface area contributed by atoms with Crippen LogP contribution in [0.15, 0.2) is 79.1 Å². The van der Waals surface area contributed by atoms with Crippen molar-refractivity contribution in [2.45, 2.75) is 25.7 Å². The molecule has 4 aliphatic rings. The molecule has 3 heteroatoms. The summed E-state index contributed by atoms with van der Waals surface area (Å²) in [5.41, 5.74) is 20.5. The van der Waals surface area contributed by atoms with E-state index in [-0.39, 0.29) is 0 Å². The Hall–Kier alpha value is -4.24. The third-order valence-corrected chi connectivity index (χ3v) is 8.44. The number of aromatic nitrogens is 2. The number of fused-ring (bicyclic) bond motifs is 12. The molecule has 0 saturated heterocycles. The lowest BCUT2D eigenvalue weighted by molar-refractivity contribution is 0.927. The van der Waals surface area contributed by atoms with Crippen LogP contribution < -0.4 is 4.90 Å². The van der Waals surface area contributed by atoms with Crippen LogP contribution >= 0.6 is 0 Å². The Morgan fingerprint density at radius 2 is 1.34 bits per heavy atom. The van der Waals surface area contributed by atoms with Gasteiger partial charge >= 0.3 is 0 Å². The molecular weight excluding hydrogens is 426 g/mol.